The molecule has 0 bridgehead atoms. The third kappa shape index (κ3) is 7.93. The zero-order chi connectivity index (χ0) is 26.3. The topological polar surface area (TPSA) is 92.3 Å². The summed E-state index contributed by atoms with van der Waals surface area (Å²) in [5, 5.41) is 2.62. The number of ether oxygens (including phenoxy) is 5. The van der Waals surface area contributed by atoms with Crippen LogP contribution in [0.1, 0.15) is 48.2 Å². The van der Waals surface area contributed by atoms with Crippen molar-refractivity contribution in [2.45, 2.75) is 39.5 Å². The molecular formula is C28H37NO7. The molecule has 36 heavy (non-hydrogen) atoms. The molecule has 0 saturated heterocycles. The minimum atomic E-state index is -0.403. The molecule has 8 heteroatoms. The lowest BCUT2D eigenvalue weighted by Crippen LogP contribution is -2.19. The Kier molecular flexibility index (Phi) is 12.2. The zero-order valence-electron chi connectivity index (χ0n) is 21.7. The van der Waals surface area contributed by atoms with Crippen molar-refractivity contribution in [2.24, 2.45) is 0 Å². The first-order valence-corrected chi connectivity index (χ1v) is 12.2. The second-order valence-corrected chi connectivity index (χ2v) is 7.82. The average molecular weight is 500 g/mol. The summed E-state index contributed by atoms with van der Waals surface area (Å²) >= 11 is 0. The van der Waals surface area contributed by atoms with Crippen molar-refractivity contribution in [1.82, 2.24) is 5.32 Å². The van der Waals surface area contributed by atoms with E-state index in [-0.39, 0.29) is 12.5 Å². The number of hydrogen-bond donors (Lipinski definition) is 1. The summed E-state index contributed by atoms with van der Waals surface area (Å²) in [7, 11) is 3.11. The Balaban J connectivity index is 2.02. The first-order valence-electron chi connectivity index (χ1n) is 12.2. The van der Waals surface area contributed by atoms with Crippen LogP contribution in [0.3, 0.4) is 0 Å². The monoisotopic (exact) mass is 499 g/mol. The highest BCUT2D eigenvalue weighted by molar-refractivity contribution is 5.97. The Morgan fingerprint density at radius 2 is 1.64 bits per heavy atom. The fourth-order valence-electron chi connectivity index (χ4n) is 3.70. The van der Waals surface area contributed by atoms with Gasteiger partial charge in [0.1, 0.15) is 23.0 Å². The highest BCUT2D eigenvalue weighted by Crippen LogP contribution is 2.33. The molecular weight excluding hydrogens is 462 g/mol. The van der Waals surface area contributed by atoms with Crippen LogP contribution < -0.4 is 24.3 Å². The Hall–Kier alpha value is -3.68. The first-order chi connectivity index (χ1) is 17.5. The number of esters is 1. The summed E-state index contributed by atoms with van der Waals surface area (Å²) in [6.45, 7) is 8.66. The number of amides is 1. The Labute approximate surface area is 213 Å². The van der Waals surface area contributed by atoms with E-state index in [2.05, 4.69) is 18.8 Å². The lowest BCUT2D eigenvalue weighted by Gasteiger charge is -2.18. The van der Waals surface area contributed by atoms with Crippen LogP contribution in [0.15, 0.2) is 43.0 Å². The lowest BCUT2D eigenvalue weighted by atomic mass is 10.0. The summed E-state index contributed by atoms with van der Waals surface area (Å²) in [6, 6.07) is 9.03. The number of rotatable bonds is 16. The van der Waals surface area contributed by atoms with E-state index in [0.29, 0.717) is 55.5 Å². The molecule has 0 aliphatic carbocycles. The van der Waals surface area contributed by atoms with Crippen LogP contribution in [0.4, 0.5) is 0 Å². The van der Waals surface area contributed by atoms with Crippen LogP contribution in [0, 0.1) is 0 Å². The molecule has 1 amide bonds. The molecule has 0 aromatic heterocycles. The normalized spacial score (nSPS) is 10.3. The number of nitrogens with one attached hydrogen (secondary N) is 1. The van der Waals surface area contributed by atoms with E-state index in [9.17, 15) is 9.59 Å². The van der Waals surface area contributed by atoms with E-state index in [1.54, 1.807) is 32.2 Å². The van der Waals surface area contributed by atoms with E-state index in [1.165, 1.54) is 7.11 Å². The lowest BCUT2D eigenvalue weighted by molar-refractivity contribution is -0.145. The van der Waals surface area contributed by atoms with Gasteiger partial charge >= 0.3 is 5.97 Å². The van der Waals surface area contributed by atoms with Crippen molar-refractivity contribution in [2.75, 3.05) is 40.6 Å². The Bertz CT molecular complexity index is 1020. The maximum Gasteiger partial charge on any atom is 0.344 e. The van der Waals surface area contributed by atoms with Crippen LogP contribution in [-0.2, 0) is 22.4 Å². The third-order valence-electron chi connectivity index (χ3n) is 5.29. The smallest absolute Gasteiger partial charge is 0.344 e. The molecule has 196 valence electrons. The van der Waals surface area contributed by atoms with Crippen molar-refractivity contribution in [3.8, 4) is 23.0 Å². The molecule has 0 heterocycles. The number of allylic oxidation sites excluding steroid dienone is 1. The molecule has 0 saturated carbocycles. The van der Waals surface area contributed by atoms with E-state index in [1.807, 2.05) is 18.2 Å². The van der Waals surface area contributed by atoms with Gasteiger partial charge in [-0.1, -0.05) is 25.5 Å². The number of methoxy groups -OCH3 is 1. The van der Waals surface area contributed by atoms with Gasteiger partial charge < -0.3 is 29.0 Å². The van der Waals surface area contributed by atoms with Gasteiger partial charge in [0.25, 0.3) is 5.91 Å². The van der Waals surface area contributed by atoms with Crippen molar-refractivity contribution >= 4 is 11.9 Å². The predicted octanol–water partition coefficient (Wildman–Crippen LogP) is 4.53. The largest absolute Gasteiger partial charge is 0.495 e. The predicted molar refractivity (Wildman–Crippen MR) is 138 cm³/mol. The molecule has 2 aromatic rings. The van der Waals surface area contributed by atoms with Crippen LogP contribution in [0.5, 0.6) is 23.0 Å². The van der Waals surface area contributed by atoms with Gasteiger partial charge in [-0.15, -0.1) is 6.58 Å². The second-order valence-electron chi connectivity index (χ2n) is 7.82. The van der Waals surface area contributed by atoms with Gasteiger partial charge in [0.15, 0.2) is 6.61 Å². The van der Waals surface area contributed by atoms with Crippen LogP contribution in [0.25, 0.3) is 0 Å². The van der Waals surface area contributed by atoms with Crippen LogP contribution in [-0.4, -0.2) is 52.5 Å². The van der Waals surface area contributed by atoms with E-state index < -0.39 is 5.97 Å². The maximum atomic E-state index is 12.2. The number of carbonyl (C=O) groups excluding carboxylic acids is 2. The van der Waals surface area contributed by atoms with E-state index in [4.69, 9.17) is 23.7 Å². The first kappa shape index (κ1) is 28.6. The Morgan fingerprint density at radius 1 is 0.972 bits per heavy atom. The summed E-state index contributed by atoms with van der Waals surface area (Å²) in [6.07, 6.45) is 4.53. The third-order valence-corrected chi connectivity index (χ3v) is 5.29. The van der Waals surface area contributed by atoms with Gasteiger partial charge in [-0.25, -0.2) is 4.79 Å². The molecule has 0 spiro atoms. The van der Waals surface area contributed by atoms with Crippen LogP contribution >= 0.6 is 0 Å². The van der Waals surface area contributed by atoms with Gasteiger partial charge in [-0.05, 0) is 44.0 Å². The minimum absolute atomic E-state index is 0.142. The molecule has 8 nitrogen and oxygen atoms in total. The quantitative estimate of drug-likeness (QED) is 0.206. The van der Waals surface area contributed by atoms with Gasteiger partial charge in [-0.3, -0.25) is 4.79 Å². The Morgan fingerprint density at radius 3 is 2.22 bits per heavy atom. The average Bonchev–Trinajstić information content (AvgIpc) is 2.88. The van der Waals surface area contributed by atoms with Crippen molar-refractivity contribution in [3.05, 3.63) is 59.7 Å². The fraction of sp³-hybridized carbons (Fsp3) is 0.429. The van der Waals surface area contributed by atoms with Crippen molar-refractivity contribution < 1.29 is 33.3 Å². The zero-order valence-corrected chi connectivity index (χ0v) is 21.7. The highest BCUT2D eigenvalue weighted by Gasteiger charge is 2.19. The SMILES string of the molecule is C=CCc1c(OCCCOc2cccc(OCC(=O)OCC)c2CCC)ccc(C(=O)NC)c1OC. The minimum Gasteiger partial charge on any atom is -0.495 e. The summed E-state index contributed by atoms with van der Waals surface area (Å²) in [5.74, 6) is 1.83. The van der Waals surface area contributed by atoms with Gasteiger partial charge in [-0.2, -0.15) is 0 Å². The van der Waals surface area contributed by atoms with E-state index in [0.717, 1.165) is 29.7 Å². The molecule has 0 unspecified atom stereocenters. The van der Waals surface area contributed by atoms with E-state index >= 15 is 0 Å². The second kappa shape index (κ2) is 15.3. The van der Waals surface area contributed by atoms with Gasteiger partial charge in [0.2, 0.25) is 0 Å². The molecule has 0 aliphatic rings. The van der Waals surface area contributed by atoms with Gasteiger partial charge in [0, 0.05) is 24.6 Å². The highest BCUT2D eigenvalue weighted by atomic mass is 16.6. The van der Waals surface area contributed by atoms with Crippen molar-refractivity contribution in [1.29, 1.82) is 0 Å². The standard InChI is InChI=1S/C28H37NO7/c1-6-11-20-23(13-9-14-24(20)36-19-26(30)33-8-3)34-17-10-18-35-25-16-15-22(28(31)29-4)27(32-5)21(25)12-7-2/h7,9,13-16H,2,6,8,10-12,17-19H2,1,3-5H3,(H,29,31). The molecule has 0 radical (unpaired) electrons. The molecule has 2 rings (SSSR count). The molecule has 1 N–H and O–H groups in total. The molecule has 0 fully saturated rings. The number of benzene rings is 2. The molecule has 0 atom stereocenters. The number of carbonyl (C=O) groups is 2. The van der Waals surface area contributed by atoms with Gasteiger partial charge in [0.05, 0.1) is 32.5 Å². The summed E-state index contributed by atoms with van der Waals surface area (Å²) in [4.78, 5) is 23.9. The summed E-state index contributed by atoms with van der Waals surface area (Å²) in [5.41, 5.74) is 2.14. The number of hydrogen-bond acceptors (Lipinski definition) is 7. The van der Waals surface area contributed by atoms with Crippen LogP contribution in [0.2, 0.25) is 0 Å². The molecule has 2 aromatic carbocycles. The fourth-order valence-corrected chi connectivity index (χ4v) is 3.70. The maximum absolute atomic E-state index is 12.2. The summed E-state index contributed by atoms with van der Waals surface area (Å²) < 4.78 is 28.2. The van der Waals surface area contributed by atoms with Crippen molar-refractivity contribution in [3.63, 3.8) is 0 Å². The molecule has 0 aliphatic heterocycles.